The summed E-state index contributed by atoms with van der Waals surface area (Å²) in [6.07, 6.45) is 4.36. The largest absolute Gasteiger partial charge is 0.465 e. The molecule has 9 nitrogen and oxygen atoms in total. The van der Waals surface area contributed by atoms with E-state index in [2.05, 4.69) is 26.7 Å². The minimum Gasteiger partial charge on any atom is -0.465 e. The summed E-state index contributed by atoms with van der Waals surface area (Å²) in [6, 6.07) is 17.7. The lowest BCUT2D eigenvalue weighted by Crippen LogP contribution is -2.17. The number of anilines is 2. The summed E-state index contributed by atoms with van der Waals surface area (Å²) in [6.45, 7) is 3.48. The van der Waals surface area contributed by atoms with Crippen molar-refractivity contribution in [2.24, 2.45) is 0 Å². The van der Waals surface area contributed by atoms with Crippen LogP contribution in [0.1, 0.15) is 35.5 Å². The number of pyridine rings is 1. The number of nitrogens with one attached hydrogen (secondary N) is 2. The highest BCUT2D eigenvalue weighted by Crippen LogP contribution is 2.35. The molecule has 42 heavy (non-hydrogen) atoms. The number of carbonyl (C=O) groups is 2. The third-order valence-corrected chi connectivity index (χ3v) is 7.19. The van der Waals surface area contributed by atoms with Gasteiger partial charge in [-0.1, -0.05) is 35.1 Å². The van der Waals surface area contributed by atoms with Crippen LogP contribution in [0.15, 0.2) is 77.4 Å². The van der Waals surface area contributed by atoms with E-state index in [1.807, 2.05) is 0 Å². The zero-order chi connectivity index (χ0) is 29.9. The molecule has 0 aliphatic rings. The Morgan fingerprint density at radius 2 is 1.95 bits per heavy atom. The van der Waals surface area contributed by atoms with Crippen LogP contribution >= 0.6 is 22.9 Å². The molecule has 0 fully saturated rings. The Hall–Kier alpha value is -5.05. The Morgan fingerprint density at radius 1 is 1.12 bits per heavy atom. The number of halogens is 2. The van der Waals surface area contributed by atoms with Gasteiger partial charge >= 0.3 is 0 Å². The Bertz CT molecular complexity index is 1880. The fourth-order valence-corrected chi connectivity index (χ4v) is 4.75. The first-order valence-electron chi connectivity index (χ1n) is 12.4. The van der Waals surface area contributed by atoms with E-state index >= 15 is 0 Å². The first-order valence-corrected chi connectivity index (χ1v) is 13.6. The number of nitrogens with zero attached hydrogens (tertiary/aromatic N) is 3. The monoisotopic (exact) mass is 601 g/mol. The highest BCUT2D eigenvalue weighted by atomic mass is 35.5. The van der Waals surface area contributed by atoms with Gasteiger partial charge in [0.05, 0.1) is 28.5 Å². The summed E-state index contributed by atoms with van der Waals surface area (Å²) in [5, 5.41) is 14.9. The van der Waals surface area contributed by atoms with Crippen molar-refractivity contribution < 1.29 is 23.1 Å². The van der Waals surface area contributed by atoms with E-state index in [0.717, 1.165) is 17.4 Å². The van der Waals surface area contributed by atoms with Crippen LogP contribution in [0.5, 0.6) is 11.6 Å². The number of carbonyl (C=O) groups excluding carboxylic acids is 2. The number of rotatable bonds is 8. The van der Waals surface area contributed by atoms with Crippen molar-refractivity contribution in [1.82, 2.24) is 9.97 Å². The van der Waals surface area contributed by atoms with E-state index in [0.29, 0.717) is 26.8 Å². The summed E-state index contributed by atoms with van der Waals surface area (Å²) < 4.78 is 25.7. The lowest BCUT2D eigenvalue weighted by molar-refractivity contribution is -0.111. The smallest absolute Gasteiger partial charge is 0.255 e. The molecule has 0 atom stereocenters. The van der Waals surface area contributed by atoms with Crippen molar-refractivity contribution in [2.75, 3.05) is 10.6 Å². The van der Waals surface area contributed by atoms with Gasteiger partial charge in [-0.2, -0.15) is 5.26 Å². The van der Waals surface area contributed by atoms with Crippen LogP contribution in [0.25, 0.3) is 16.4 Å². The summed E-state index contributed by atoms with van der Waals surface area (Å²) in [4.78, 5) is 34.4. The van der Waals surface area contributed by atoms with Gasteiger partial charge in [-0.25, -0.2) is 14.4 Å². The van der Waals surface area contributed by atoms with Gasteiger partial charge in [-0.3, -0.25) is 14.9 Å². The van der Waals surface area contributed by atoms with Gasteiger partial charge in [0.25, 0.3) is 5.91 Å². The van der Waals surface area contributed by atoms with Crippen molar-refractivity contribution in [3.05, 3.63) is 101 Å². The molecule has 0 saturated heterocycles. The average Bonchev–Trinajstić information content (AvgIpc) is 3.64. The quantitative estimate of drug-likeness (QED) is 0.175. The maximum absolute atomic E-state index is 14.8. The van der Waals surface area contributed by atoms with Crippen LogP contribution in [0.3, 0.4) is 0 Å². The fraction of sp³-hybridized carbons (Fsp3) is 0.100. The maximum Gasteiger partial charge on any atom is 0.255 e. The number of thiazole rings is 1. The number of benzene rings is 2. The molecule has 0 unspecified atom stereocenters. The zero-order valence-corrected chi connectivity index (χ0v) is 23.7. The van der Waals surface area contributed by atoms with Crippen LogP contribution in [0, 0.1) is 17.1 Å². The molecule has 0 radical (unpaired) electrons. The lowest BCUT2D eigenvalue weighted by Gasteiger charge is -2.17. The summed E-state index contributed by atoms with van der Waals surface area (Å²) in [7, 11) is 0. The lowest BCUT2D eigenvalue weighted by atomic mass is 9.85. The molecule has 2 aromatic carbocycles. The SMILES string of the molecule is CC(C)(C#N)c1cccc(C(=O)Nc2cc(Oc3ccc4nc(NC(=O)/C=C/c5ccco5)sc4n3)c(Cl)cc2F)c1. The van der Waals surface area contributed by atoms with Crippen molar-refractivity contribution in [3.63, 3.8) is 0 Å². The molecule has 0 bridgehead atoms. The Kier molecular flexibility index (Phi) is 8.01. The van der Waals surface area contributed by atoms with E-state index in [9.17, 15) is 19.2 Å². The molecular weight excluding hydrogens is 581 g/mol. The van der Waals surface area contributed by atoms with Gasteiger partial charge in [-0.05, 0) is 61.9 Å². The van der Waals surface area contributed by atoms with Gasteiger partial charge in [0.2, 0.25) is 11.8 Å². The van der Waals surface area contributed by atoms with Crippen molar-refractivity contribution in [1.29, 1.82) is 5.26 Å². The average molecular weight is 602 g/mol. The molecule has 0 spiro atoms. The number of fused-ring (bicyclic) bond motifs is 1. The second-order valence-electron chi connectivity index (χ2n) is 9.47. The van der Waals surface area contributed by atoms with Gasteiger partial charge in [0.1, 0.15) is 27.7 Å². The summed E-state index contributed by atoms with van der Waals surface area (Å²) in [5.74, 6) is -0.999. The van der Waals surface area contributed by atoms with Gasteiger partial charge < -0.3 is 14.5 Å². The van der Waals surface area contributed by atoms with Gasteiger partial charge in [0.15, 0.2) is 5.13 Å². The molecule has 3 heterocycles. The molecule has 0 aliphatic carbocycles. The zero-order valence-electron chi connectivity index (χ0n) is 22.1. The van der Waals surface area contributed by atoms with E-state index in [1.165, 1.54) is 24.5 Å². The van der Waals surface area contributed by atoms with E-state index in [-0.39, 0.29) is 27.9 Å². The molecule has 2 N–H and O–H groups in total. The molecule has 210 valence electrons. The standard InChI is InChI=1S/C30H21ClFN5O4S/c1-30(2,16-33)18-6-3-5-17(13-18)27(39)34-23-15-24(20(31)14-21(23)32)41-26-11-9-22-28(37-26)42-29(35-22)36-25(38)10-8-19-7-4-12-40-19/h3-15H,1-2H3,(H,34,39)(H,35,36,38)/b10-8+. The van der Waals surface area contributed by atoms with Crippen molar-refractivity contribution >= 4 is 62.0 Å². The van der Waals surface area contributed by atoms with E-state index < -0.39 is 23.0 Å². The normalized spacial score (nSPS) is 11.4. The number of amides is 2. The Morgan fingerprint density at radius 3 is 2.71 bits per heavy atom. The fourth-order valence-electron chi connectivity index (χ4n) is 3.73. The first-order chi connectivity index (χ1) is 20.1. The predicted octanol–water partition coefficient (Wildman–Crippen LogP) is 7.57. The maximum atomic E-state index is 14.8. The molecule has 0 aliphatic heterocycles. The molecule has 12 heteroatoms. The van der Waals surface area contributed by atoms with Crippen LogP contribution in [0.4, 0.5) is 15.2 Å². The summed E-state index contributed by atoms with van der Waals surface area (Å²) >= 11 is 7.36. The van der Waals surface area contributed by atoms with Crippen LogP contribution < -0.4 is 15.4 Å². The minimum atomic E-state index is -0.807. The number of nitriles is 1. The van der Waals surface area contributed by atoms with Crippen LogP contribution in [0.2, 0.25) is 5.02 Å². The Labute approximate surface area is 248 Å². The molecule has 5 aromatic rings. The molecular formula is C30H21ClFN5O4S. The van der Waals surface area contributed by atoms with Crippen molar-refractivity contribution in [3.8, 4) is 17.7 Å². The van der Waals surface area contributed by atoms with Gasteiger partial charge in [-0.15, -0.1) is 0 Å². The van der Waals surface area contributed by atoms with E-state index in [1.54, 1.807) is 62.4 Å². The van der Waals surface area contributed by atoms with Crippen LogP contribution in [-0.2, 0) is 10.2 Å². The Balaban J connectivity index is 1.31. The van der Waals surface area contributed by atoms with Crippen LogP contribution in [-0.4, -0.2) is 21.8 Å². The number of hydrogen-bond donors (Lipinski definition) is 2. The molecule has 2 amide bonds. The topological polar surface area (TPSA) is 130 Å². The second-order valence-corrected chi connectivity index (χ2v) is 10.9. The second kappa shape index (κ2) is 11.8. The molecule has 3 aromatic heterocycles. The molecule has 5 rings (SSSR count). The third-order valence-electron chi connectivity index (χ3n) is 6.01. The van der Waals surface area contributed by atoms with E-state index in [4.69, 9.17) is 20.8 Å². The van der Waals surface area contributed by atoms with Gasteiger partial charge in [0, 0.05) is 23.8 Å². The number of aromatic nitrogens is 2. The highest BCUT2D eigenvalue weighted by Gasteiger charge is 2.21. The highest BCUT2D eigenvalue weighted by molar-refractivity contribution is 7.22. The third kappa shape index (κ3) is 6.46. The number of ether oxygens (including phenoxy) is 1. The number of furan rings is 1. The minimum absolute atomic E-state index is 0.0363. The van der Waals surface area contributed by atoms with Crippen molar-refractivity contribution in [2.45, 2.75) is 19.3 Å². The number of hydrogen-bond acceptors (Lipinski definition) is 8. The predicted molar refractivity (Wildman–Crippen MR) is 158 cm³/mol. The molecule has 0 saturated carbocycles. The summed E-state index contributed by atoms with van der Waals surface area (Å²) in [5.41, 5.74) is 0.465. The first kappa shape index (κ1) is 28.5.